The third-order valence-corrected chi connectivity index (χ3v) is 5.64. The van der Waals surface area contributed by atoms with E-state index in [1.807, 2.05) is 36.4 Å². The fourth-order valence-corrected chi connectivity index (χ4v) is 4.03. The Morgan fingerprint density at radius 2 is 2.04 bits per heavy atom. The van der Waals surface area contributed by atoms with E-state index in [4.69, 9.17) is 4.74 Å². The number of rotatable bonds is 6. The predicted octanol–water partition coefficient (Wildman–Crippen LogP) is 4.33. The van der Waals surface area contributed by atoms with E-state index in [1.165, 1.54) is 11.8 Å². The number of amides is 2. The average Bonchev–Trinajstić information content (AvgIpc) is 2.72. The molecule has 3 rings (SSSR count). The number of methoxy groups -OCH3 is 1. The molecule has 6 heteroatoms. The highest BCUT2D eigenvalue weighted by atomic mass is 32.2. The van der Waals surface area contributed by atoms with Gasteiger partial charge in [-0.05, 0) is 36.8 Å². The number of hydrogen-bond donors (Lipinski definition) is 1. The first-order valence-corrected chi connectivity index (χ1v) is 10.1. The van der Waals surface area contributed by atoms with Gasteiger partial charge in [-0.15, -0.1) is 0 Å². The van der Waals surface area contributed by atoms with Crippen LogP contribution in [0.3, 0.4) is 0 Å². The second-order valence-corrected chi connectivity index (χ2v) is 7.59. The van der Waals surface area contributed by atoms with Gasteiger partial charge in [0, 0.05) is 29.6 Å². The van der Waals surface area contributed by atoms with Gasteiger partial charge >= 0.3 is 0 Å². The zero-order chi connectivity index (χ0) is 20.1. The molecule has 0 bridgehead atoms. The molecular weight excluding hydrogens is 372 g/mol. The minimum Gasteiger partial charge on any atom is -0.496 e. The number of unbranched alkanes of at least 4 members (excludes halogenated alkanes) is 1. The quantitative estimate of drug-likeness (QED) is 0.583. The number of nitrogens with zero attached hydrogens (tertiary/aromatic N) is 1. The summed E-state index contributed by atoms with van der Waals surface area (Å²) in [5.74, 6) is 0.500. The largest absolute Gasteiger partial charge is 0.496 e. The van der Waals surface area contributed by atoms with E-state index in [0.29, 0.717) is 17.0 Å². The number of likely N-dealkylation sites (N-methyl/N-ethyl adjacent to an activating group) is 1. The Kier molecular flexibility index (Phi) is 6.41. The molecule has 0 saturated heterocycles. The second-order valence-electron chi connectivity index (χ2n) is 6.51. The van der Waals surface area contributed by atoms with Gasteiger partial charge in [0.15, 0.2) is 0 Å². The van der Waals surface area contributed by atoms with Crippen LogP contribution in [0.25, 0.3) is 6.08 Å². The van der Waals surface area contributed by atoms with E-state index in [1.54, 1.807) is 31.2 Å². The summed E-state index contributed by atoms with van der Waals surface area (Å²) in [5, 5.41) is 2.91. The molecule has 1 N–H and O–H groups in total. The number of anilines is 1. The van der Waals surface area contributed by atoms with Crippen LogP contribution in [0.15, 0.2) is 52.3 Å². The highest BCUT2D eigenvalue weighted by molar-refractivity contribution is 8.04. The summed E-state index contributed by atoms with van der Waals surface area (Å²) in [6.07, 6.45) is 3.82. The predicted molar refractivity (Wildman–Crippen MR) is 114 cm³/mol. The van der Waals surface area contributed by atoms with Crippen LogP contribution in [0.5, 0.6) is 5.75 Å². The number of ether oxygens (including phenoxy) is 1. The molecule has 2 aromatic carbocycles. The van der Waals surface area contributed by atoms with Gasteiger partial charge in [-0.25, -0.2) is 0 Å². The molecule has 0 saturated carbocycles. The topological polar surface area (TPSA) is 58.6 Å². The molecule has 0 aliphatic carbocycles. The standard InChI is InChI=1S/C22H24N2O3S/c1-4-5-12-23-21(25)16-10-11-19-17(13-16)24(2)22(26)20(28-19)14-15-8-6-7-9-18(15)27-3/h6-11,13-14H,4-5,12H2,1-3H3,(H,23,25)/b20-14+. The van der Waals surface area contributed by atoms with E-state index in [-0.39, 0.29) is 11.8 Å². The van der Waals surface area contributed by atoms with Gasteiger partial charge in [-0.3, -0.25) is 9.59 Å². The van der Waals surface area contributed by atoms with Crippen LogP contribution >= 0.6 is 11.8 Å². The Hall–Kier alpha value is -2.73. The molecule has 0 radical (unpaired) electrons. The molecule has 2 amide bonds. The van der Waals surface area contributed by atoms with Crippen molar-refractivity contribution < 1.29 is 14.3 Å². The van der Waals surface area contributed by atoms with Crippen molar-refractivity contribution in [3.63, 3.8) is 0 Å². The van der Waals surface area contributed by atoms with E-state index in [0.717, 1.165) is 34.7 Å². The van der Waals surface area contributed by atoms with Crippen LogP contribution in [0.4, 0.5) is 5.69 Å². The molecule has 0 unspecified atom stereocenters. The van der Waals surface area contributed by atoms with Crippen LogP contribution < -0.4 is 15.0 Å². The Morgan fingerprint density at radius 1 is 1.25 bits per heavy atom. The number of thioether (sulfide) groups is 1. The number of fused-ring (bicyclic) bond motifs is 1. The van der Waals surface area contributed by atoms with Crippen molar-refractivity contribution in [1.29, 1.82) is 0 Å². The molecule has 0 atom stereocenters. The number of para-hydroxylation sites is 1. The summed E-state index contributed by atoms with van der Waals surface area (Å²) < 4.78 is 5.38. The summed E-state index contributed by atoms with van der Waals surface area (Å²) in [4.78, 5) is 28.3. The minimum absolute atomic E-state index is 0.105. The van der Waals surface area contributed by atoms with Crippen molar-refractivity contribution in [3.8, 4) is 5.75 Å². The summed E-state index contributed by atoms with van der Waals surface area (Å²) in [6.45, 7) is 2.74. The Bertz CT molecular complexity index is 924. The summed E-state index contributed by atoms with van der Waals surface area (Å²) >= 11 is 1.41. The van der Waals surface area contributed by atoms with Crippen LogP contribution in [0, 0.1) is 0 Å². The van der Waals surface area contributed by atoms with E-state index >= 15 is 0 Å². The summed E-state index contributed by atoms with van der Waals surface area (Å²) in [5.41, 5.74) is 2.16. The SMILES string of the molecule is CCCCNC(=O)c1ccc2c(c1)N(C)C(=O)/C(=C\c1ccccc1OC)S2. The Balaban J connectivity index is 1.88. The molecule has 2 aromatic rings. The molecular formula is C22H24N2O3S. The van der Waals surface area contributed by atoms with Crippen molar-refractivity contribution in [2.45, 2.75) is 24.7 Å². The maximum atomic E-state index is 12.9. The number of benzene rings is 2. The molecule has 1 heterocycles. The first-order chi connectivity index (χ1) is 13.5. The Labute approximate surface area is 169 Å². The smallest absolute Gasteiger partial charge is 0.264 e. The molecule has 0 spiro atoms. The minimum atomic E-state index is -0.113. The van der Waals surface area contributed by atoms with E-state index in [9.17, 15) is 9.59 Å². The molecule has 146 valence electrons. The lowest BCUT2D eigenvalue weighted by Gasteiger charge is -2.27. The average molecular weight is 397 g/mol. The number of carbonyl (C=O) groups is 2. The van der Waals surface area contributed by atoms with E-state index < -0.39 is 0 Å². The highest BCUT2D eigenvalue weighted by Gasteiger charge is 2.27. The zero-order valence-electron chi connectivity index (χ0n) is 16.3. The van der Waals surface area contributed by atoms with Crippen molar-refractivity contribution >= 4 is 35.3 Å². The second kappa shape index (κ2) is 8.97. The number of carbonyl (C=O) groups excluding carboxylic acids is 2. The van der Waals surface area contributed by atoms with Crippen molar-refractivity contribution in [1.82, 2.24) is 5.32 Å². The molecule has 1 aliphatic heterocycles. The molecule has 0 fully saturated rings. The molecule has 0 aromatic heterocycles. The monoisotopic (exact) mass is 396 g/mol. The fourth-order valence-electron chi connectivity index (χ4n) is 2.94. The fraction of sp³-hybridized carbons (Fsp3) is 0.273. The molecule has 5 nitrogen and oxygen atoms in total. The van der Waals surface area contributed by atoms with Gasteiger partial charge < -0.3 is 15.0 Å². The maximum absolute atomic E-state index is 12.9. The van der Waals surface area contributed by atoms with Crippen LogP contribution in [0.1, 0.15) is 35.7 Å². The van der Waals surface area contributed by atoms with Crippen LogP contribution in [-0.4, -0.2) is 32.5 Å². The molecule has 1 aliphatic rings. The van der Waals surface area contributed by atoms with Gasteiger partial charge in [0.1, 0.15) is 5.75 Å². The van der Waals surface area contributed by atoms with Gasteiger partial charge in [-0.1, -0.05) is 43.3 Å². The van der Waals surface area contributed by atoms with Gasteiger partial charge in [0.2, 0.25) is 0 Å². The van der Waals surface area contributed by atoms with Crippen LogP contribution in [0.2, 0.25) is 0 Å². The number of hydrogen-bond acceptors (Lipinski definition) is 4. The Morgan fingerprint density at radius 3 is 2.79 bits per heavy atom. The van der Waals surface area contributed by atoms with E-state index in [2.05, 4.69) is 12.2 Å². The van der Waals surface area contributed by atoms with Crippen LogP contribution in [-0.2, 0) is 4.79 Å². The highest BCUT2D eigenvalue weighted by Crippen LogP contribution is 2.42. The maximum Gasteiger partial charge on any atom is 0.264 e. The summed E-state index contributed by atoms with van der Waals surface area (Å²) in [6, 6.07) is 13.1. The van der Waals surface area contributed by atoms with Gasteiger partial charge in [0.05, 0.1) is 17.7 Å². The zero-order valence-corrected chi connectivity index (χ0v) is 17.1. The first-order valence-electron chi connectivity index (χ1n) is 9.28. The lowest BCUT2D eigenvalue weighted by Crippen LogP contribution is -2.31. The molecule has 28 heavy (non-hydrogen) atoms. The first kappa shape index (κ1) is 20.0. The van der Waals surface area contributed by atoms with Crippen molar-refractivity contribution in [2.75, 3.05) is 25.6 Å². The number of nitrogens with one attached hydrogen (secondary N) is 1. The normalized spacial score (nSPS) is 14.8. The van der Waals surface area contributed by atoms with Crippen molar-refractivity contribution in [3.05, 3.63) is 58.5 Å². The third-order valence-electron chi connectivity index (χ3n) is 4.56. The lowest BCUT2D eigenvalue weighted by atomic mass is 10.1. The van der Waals surface area contributed by atoms with Crippen molar-refractivity contribution in [2.24, 2.45) is 0 Å². The lowest BCUT2D eigenvalue weighted by molar-refractivity contribution is -0.114. The van der Waals surface area contributed by atoms with Gasteiger partial charge in [-0.2, -0.15) is 0 Å². The summed E-state index contributed by atoms with van der Waals surface area (Å²) in [7, 11) is 3.34. The van der Waals surface area contributed by atoms with Gasteiger partial charge in [0.25, 0.3) is 11.8 Å². The third kappa shape index (κ3) is 4.22.